The number of hydrogen-bond donors (Lipinski definition) is 1. The van der Waals surface area contributed by atoms with Crippen LogP contribution >= 0.6 is 11.6 Å². The summed E-state index contributed by atoms with van der Waals surface area (Å²) in [6.07, 6.45) is 1.86. The fraction of sp³-hybridized carbons (Fsp3) is 0.182. The molecule has 0 radical (unpaired) electrons. The van der Waals surface area contributed by atoms with Gasteiger partial charge in [0.25, 0.3) is 0 Å². The Bertz CT molecular complexity index is 479. The molecule has 2 rings (SSSR count). The molecule has 1 aromatic heterocycles. The first kappa shape index (κ1) is 10.2. The number of halogens is 1. The average molecular weight is 223 g/mol. The highest BCUT2D eigenvalue weighted by Crippen LogP contribution is 2.19. The summed E-state index contributed by atoms with van der Waals surface area (Å²) in [6.45, 7) is 1.87. The summed E-state index contributed by atoms with van der Waals surface area (Å²) >= 11 is 5.85. The van der Waals surface area contributed by atoms with Crippen molar-refractivity contribution >= 4 is 11.6 Å². The van der Waals surface area contributed by atoms with E-state index >= 15 is 0 Å². The van der Waals surface area contributed by atoms with Crippen LogP contribution in [0.2, 0.25) is 5.02 Å². The van der Waals surface area contributed by atoms with Gasteiger partial charge in [0.1, 0.15) is 0 Å². The normalized spacial score (nSPS) is 10.6. The molecule has 0 fully saturated rings. The van der Waals surface area contributed by atoms with E-state index < -0.39 is 0 Å². The van der Waals surface area contributed by atoms with Crippen molar-refractivity contribution in [2.24, 2.45) is 0 Å². The Kier molecular flexibility index (Phi) is 2.75. The zero-order valence-corrected chi connectivity index (χ0v) is 9.07. The average Bonchev–Trinajstić information content (AvgIpc) is 2.64. The summed E-state index contributed by atoms with van der Waals surface area (Å²) in [5.74, 6) is 0. The first-order valence-corrected chi connectivity index (χ1v) is 5.00. The summed E-state index contributed by atoms with van der Waals surface area (Å²) in [5, 5.41) is 14.1. The molecule has 0 aliphatic rings. The summed E-state index contributed by atoms with van der Waals surface area (Å²) in [4.78, 5) is 0. The van der Waals surface area contributed by atoms with Crippen molar-refractivity contribution in [3.05, 3.63) is 46.7 Å². The Hall–Kier alpha value is -1.32. The summed E-state index contributed by atoms with van der Waals surface area (Å²) in [6, 6.07) is 7.29. The summed E-state index contributed by atoms with van der Waals surface area (Å²) in [7, 11) is 0. The minimum atomic E-state index is -0.0468. The summed E-state index contributed by atoms with van der Waals surface area (Å²) in [5.41, 5.74) is 2.56. The maximum Gasteiger partial charge on any atom is 0.0703 e. The third kappa shape index (κ3) is 2.03. The molecule has 0 saturated heterocycles. The molecule has 0 amide bonds. The Balaban J connectivity index is 2.52. The van der Waals surface area contributed by atoms with E-state index in [9.17, 15) is 5.11 Å². The van der Waals surface area contributed by atoms with Crippen LogP contribution in [-0.2, 0) is 6.61 Å². The predicted molar refractivity (Wildman–Crippen MR) is 59.2 cm³/mol. The molecule has 2 aromatic rings. The van der Waals surface area contributed by atoms with Gasteiger partial charge in [-0.05, 0) is 31.2 Å². The molecule has 0 saturated carbocycles. The lowest BCUT2D eigenvalue weighted by Gasteiger charge is -2.07. The molecule has 0 aliphatic heterocycles. The van der Waals surface area contributed by atoms with E-state index in [-0.39, 0.29) is 6.61 Å². The Morgan fingerprint density at radius 2 is 2.20 bits per heavy atom. The second-order valence-corrected chi connectivity index (χ2v) is 3.77. The highest BCUT2D eigenvalue weighted by molar-refractivity contribution is 6.30. The molecule has 4 heteroatoms. The molecule has 15 heavy (non-hydrogen) atoms. The van der Waals surface area contributed by atoms with Crippen molar-refractivity contribution in [3.8, 4) is 5.69 Å². The first-order chi connectivity index (χ1) is 7.20. The van der Waals surface area contributed by atoms with Crippen molar-refractivity contribution in [3.63, 3.8) is 0 Å². The highest BCUT2D eigenvalue weighted by atomic mass is 35.5. The van der Waals surface area contributed by atoms with Gasteiger partial charge in [0, 0.05) is 16.8 Å². The Labute approximate surface area is 92.9 Å². The smallest absolute Gasteiger partial charge is 0.0703 e. The van der Waals surface area contributed by atoms with Gasteiger partial charge < -0.3 is 5.11 Å². The molecule has 1 N–H and O–H groups in total. The highest BCUT2D eigenvalue weighted by Gasteiger charge is 2.05. The van der Waals surface area contributed by atoms with Gasteiger partial charge in [-0.15, -0.1) is 0 Å². The molecule has 0 atom stereocenters. The van der Waals surface area contributed by atoms with Crippen LogP contribution in [0.25, 0.3) is 5.69 Å². The lowest BCUT2D eigenvalue weighted by Crippen LogP contribution is -2.00. The van der Waals surface area contributed by atoms with Crippen molar-refractivity contribution in [1.29, 1.82) is 0 Å². The van der Waals surface area contributed by atoms with Gasteiger partial charge in [0.2, 0.25) is 0 Å². The summed E-state index contributed by atoms with van der Waals surface area (Å²) < 4.78 is 1.73. The van der Waals surface area contributed by atoms with Crippen LogP contribution in [0.1, 0.15) is 11.3 Å². The second kappa shape index (κ2) is 4.04. The van der Waals surface area contributed by atoms with Gasteiger partial charge in [0.15, 0.2) is 0 Å². The molecule has 78 valence electrons. The van der Waals surface area contributed by atoms with E-state index in [1.54, 1.807) is 16.8 Å². The minimum Gasteiger partial charge on any atom is -0.392 e. The topological polar surface area (TPSA) is 38.0 Å². The number of aryl methyl sites for hydroxylation is 1. The number of aromatic nitrogens is 2. The van der Waals surface area contributed by atoms with E-state index in [0.29, 0.717) is 5.02 Å². The SMILES string of the molecule is Cc1ccn(-c2ccc(Cl)cc2CO)n1. The van der Waals surface area contributed by atoms with Crippen LogP contribution in [0.4, 0.5) is 0 Å². The molecule has 0 bridgehead atoms. The van der Waals surface area contributed by atoms with Gasteiger partial charge in [0.05, 0.1) is 18.0 Å². The van der Waals surface area contributed by atoms with Crippen molar-refractivity contribution in [1.82, 2.24) is 9.78 Å². The fourth-order valence-corrected chi connectivity index (χ4v) is 1.65. The lowest BCUT2D eigenvalue weighted by atomic mass is 10.2. The molecule has 1 heterocycles. The van der Waals surface area contributed by atoms with Crippen LogP contribution in [0.15, 0.2) is 30.5 Å². The number of nitrogens with zero attached hydrogens (tertiary/aromatic N) is 2. The monoisotopic (exact) mass is 222 g/mol. The standard InChI is InChI=1S/C11H11ClN2O/c1-8-4-5-14(13-8)11-3-2-10(12)6-9(11)7-15/h2-6,15H,7H2,1H3. The molecule has 0 unspecified atom stereocenters. The number of hydrogen-bond acceptors (Lipinski definition) is 2. The van der Waals surface area contributed by atoms with Gasteiger partial charge in [-0.3, -0.25) is 0 Å². The largest absolute Gasteiger partial charge is 0.392 e. The number of benzene rings is 1. The Morgan fingerprint density at radius 3 is 2.80 bits per heavy atom. The first-order valence-electron chi connectivity index (χ1n) is 4.62. The number of aliphatic hydroxyl groups excluding tert-OH is 1. The van der Waals surface area contributed by atoms with Crippen LogP contribution in [0, 0.1) is 6.92 Å². The third-order valence-corrected chi connectivity index (χ3v) is 2.42. The van der Waals surface area contributed by atoms with E-state index in [0.717, 1.165) is 16.9 Å². The third-order valence-electron chi connectivity index (χ3n) is 2.18. The van der Waals surface area contributed by atoms with Gasteiger partial charge >= 0.3 is 0 Å². The van der Waals surface area contributed by atoms with Crippen molar-refractivity contribution in [2.75, 3.05) is 0 Å². The molecular weight excluding hydrogens is 212 g/mol. The molecule has 1 aromatic carbocycles. The molecule has 0 aliphatic carbocycles. The molecule has 0 spiro atoms. The maximum absolute atomic E-state index is 9.21. The van der Waals surface area contributed by atoms with Crippen LogP contribution in [0.3, 0.4) is 0 Å². The van der Waals surface area contributed by atoms with Crippen molar-refractivity contribution < 1.29 is 5.11 Å². The fourth-order valence-electron chi connectivity index (χ4n) is 1.45. The van der Waals surface area contributed by atoms with Crippen LogP contribution in [-0.4, -0.2) is 14.9 Å². The molecule has 3 nitrogen and oxygen atoms in total. The minimum absolute atomic E-state index is 0.0468. The van der Waals surface area contributed by atoms with E-state index in [2.05, 4.69) is 5.10 Å². The number of aliphatic hydroxyl groups is 1. The van der Waals surface area contributed by atoms with Crippen molar-refractivity contribution in [2.45, 2.75) is 13.5 Å². The number of rotatable bonds is 2. The zero-order valence-electron chi connectivity index (χ0n) is 8.31. The van der Waals surface area contributed by atoms with E-state index in [4.69, 9.17) is 11.6 Å². The van der Waals surface area contributed by atoms with Gasteiger partial charge in [-0.1, -0.05) is 11.6 Å². The quantitative estimate of drug-likeness (QED) is 0.847. The van der Waals surface area contributed by atoms with Gasteiger partial charge in [-0.25, -0.2) is 4.68 Å². The molecular formula is C11H11ClN2O. The van der Waals surface area contributed by atoms with Crippen LogP contribution in [0.5, 0.6) is 0 Å². The predicted octanol–water partition coefficient (Wildman–Crippen LogP) is 2.33. The zero-order chi connectivity index (χ0) is 10.8. The Morgan fingerprint density at radius 1 is 1.40 bits per heavy atom. The van der Waals surface area contributed by atoms with E-state index in [1.807, 2.05) is 25.3 Å². The van der Waals surface area contributed by atoms with Crippen LogP contribution < -0.4 is 0 Å². The van der Waals surface area contributed by atoms with E-state index in [1.165, 1.54) is 0 Å². The van der Waals surface area contributed by atoms with Gasteiger partial charge in [-0.2, -0.15) is 5.10 Å². The second-order valence-electron chi connectivity index (χ2n) is 3.33. The lowest BCUT2D eigenvalue weighted by molar-refractivity contribution is 0.281. The maximum atomic E-state index is 9.21.